The molecule has 1 aromatic rings. The van der Waals surface area contributed by atoms with Gasteiger partial charge in [0.2, 0.25) is 0 Å². The van der Waals surface area contributed by atoms with Crippen molar-refractivity contribution in [2.75, 3.05) is 0 Å². The standard InChI is InChI=1S/C15H25N3O2/c1-10(9-14-11(2)18-20-12(14)3)16-15(19)17-13-7-5-4-6-8-13/h10,13H,4-9H2,1-3H3,(H2,16,17,19). The molecule has 2 N–H and O–H groups in total. The Kier molecular flexibility index (Phi) is 5.04. The van der Waals surface area contributed by atoms with Gasteiger partial charge >= 0.3 is 6.03 Å². The summed E-state index contributed by atoms with van der Waals surface area (Å²) in [5.41, 5.74) is 2.00. The Balaban J connectivity index is 1.78. The van der Waals surface area contributed by atoms with Crippen molar-refractivity contribution in [3.05, 3.63) is 17.0 Å². The summed E-state index contributed by atoms with van der Waals surface area (Å²) in [6.07, 6.45) is 6.69. The second-order valence-electron chi connectivity index (χ2n) is 5.86. The number of hydrogen-bond acceptors (Lipinski definition) is 3. The van der Waals surface area contributed by atoms with Crippen LogP contribution < -0.4 is 10.6 Å². The largest absolute Gasteiger partial charge is 0.361 e. The number of urea groups is 1. The summed E-state index contributed by atoms with van der Waals surface area (Å²) in [6, 6.07) is 0.349. The van der Waals surface area contributed by atoms with Gasteiger partial charge < -0.3 is 15.2 Å². The van der Waals surface area contributed by atoms with E-state index in [2.05, 4.69) is 15.8 Å². The zero-order valence-electron chi connectivity index (χ0n) is 12.7. The fourth-order valence-electron chi connectivity index (χ4n) is 2.85. The number of nitrogens with one attached hydrogen (secondary N) is 2. The zero-order chi connectivity index (χ0) is 14.5. The molecule has 1 aliphatic carbocycles. The van der Waals surface area contributed by atoms with Crippen LogP contribution in [-0.4, -0.2) is 23.3 Å². The molecule has 0 bridgehead atoms. The van der Waals surface area contributed by atoms with Crippen molar-refractivity contribution in [2.45, 2.75) is 71.4 Å². The highest BCUT2D eigenvalue weighted by atomic mass is 16.5. The van der Waals surface area contributed by atoms with E-state index in [1.54, 1.807) is 0 Å². The number of rotatable bonds is 4. The zero-order valence-corrected chi connectivity index (χ0v) is 12.7. The quantitative estimate of drug-likeness (QED) is 0.890. The van der Waals surface area contributed by atoms with Crippen LogP contribution in [0.2, 0.25) is 0 Å². The first kappa shape index (κ1) is 14.9. The van der Waals surface area contributed by atoms with Crippen molar-refractivity contribution < 1.29 is 9.32 Å². The molecule has 20 heavy (non-hydrogen) atoms. The van der Waals surface area contributed by atoms with Crippen molar-refractivity contribution in [1.29, 1.82) is 0 Å². The molecule has 1 atom stereocenters. The summed E-state index contributed by atoms with van der Waals surface area (Å²) in [5.74, 6) is 0.837. The summed E-state index contributed by atoms with van der Waals surface area (Å²) >= 11 is 0. The predicted molar refractivity (Wildman–Crippen MR) is 77.7 cm³/mol. The molecule has 5 heteroatoms. The minimum Gasteiger partial charge on any atom is -0.361 e. The third kappa shape index (κ3) is 3.99. The molecule has 0 saturated heterocycles. The van der Waals surface area contributed by atoms with Gasteiger partial charge in [-0.05, 0) is 40.0 Å². The Morgan fingerprint density at radius 1 is 1.35 bits per heavy atom. The van der Waals surface area contributed by atoms with E-state index in [9.17, 15) is 4.79 Å². The maximum atomic E-state index is 12.0. The number of amides is 2. The van der Waals surface area contributed by atoms with E-state index in [-0.39, 0.29) is 12.1 Å². The number of aryl methyl sites for hydroxylation is 2. The highest BCUT2D eigenvalue weighted by Gasteiger charge is 2.18. The van der Waals surface area contributed by atoms with Gasteiger partial charge in [-0.2, -0.15) is 0 Å². The lowest BCUT2D eigenvalue weighted by Crippen LogP contribution is -2.46. The molecule has 1 unspecified atom stereocenters. The second-order valence-corrected chi connectivity index (χ2v) is 5.86. The van der Waals surface area contributed by atoms with Crippen LogP contribution in [0.3, 0.4) is 0 Å². The fourth-order valence-corrected chi connectivity index (χ4v) is 2.85. The van der Waals surface area contributed by atoms with E-state index >= 15 is 0 Å². The third-order valence-corrected chi connectivity index (χ3v) is 4.01. The molecule has 2 amide bonds. The highest BCUT2D eigenvalue weighted by molar-refractivity contribution is 5.74. The molecule has 0 aromatic carbocycles. The van der Waals surface area contributed by atoms with Gasteiger partial charge in [-0.15, -0.1) is 0 Å². The summed E-state index contributed by atoms with van der Waals surface area (Å²) in [5, 5.41) is 10.0. The second kappa shape index (κ2) is 6.77. The maximum Gasteiger partial charge on any atom is 0.315 e. The lowest BCUT2D eigenvalue weighted by atomic mass is 9.96. The van der Waals surface area contributed by atoms with Crippen LogP contribution in [0.5, 0.6) is 0 Å². The van der Waals surface area contributed by atoms with Gasteiger partial charge in [0.1, 0.15) is 5.76 Å². The number of nitrogens with zero attached hydrogens (tertiary/aromatic N) is 1. The van der Waals surface area contributed by atoms with E-state index in [4.69, 9.17) is 4.52 Å². The summed E-state index contributed by atoms with van der Waals surface area (Å²) in [4.78, 5) is 12.0. The molecule has 0 radical (unpaired) electrons. The van der Waals surface area contributed by atoms with Crippen molar-refractivity contribution in [1.82, 2.24) is 15.8 Å². The van der Waals surface area contributed by atoms with E-state index < -0.39 is 0 Å². The van der Waals surface area contributed by atoms with Crippen LogP contribution in [0.15, 0.2) is 4.52 Å². The lowest BCUT2D eigenvalue weighted by Gasteiger charge is -2.24. The smallest absolute Gasteiger partial charge is 0.315 e. The van der Waals surface area contributed by atoms with Crippen LogP contribution in [0.4, 0.5) is 4.79 Å². The third-order valence-electron chi connectivity index (χ3n) is 4.01. The Labute approximate surface area is 120 Å². The van der Waals surface area contributed by atoms with Gasteiger partial charge in [-0.25, -0.2) is 4.79 Å². The molecule has 5 nitrogen and oxygen atoms in total. The minimum absolute atomic E-state index is 0.0591. The first-order chi connectivity index (χ1) is 9.56. The average molecular weight is 279 g/mol. The van der Waals surface area contributed by atoms with E-state index in [0.29, 0.717) is 6.04 Å². The molecule has 1 aliphatic rings. The Hall–Kier alpha value is -1.52. The van der Waals surface area contributed by atoms with Gasteiger partial charge in [0.15, 0.2) is 0 Å². The summed E-state index contributed by atoms with van der Waals surface area (Å²) in [7, 11) is 0. The van der Waals surface area contributed by atoms with Gasteiger partial charge in [0.05, 0.1) is 5.69 Å². The molecular weight excluding hydrogens is 254 g/mol. The molecule has 1 heterocycles. The van der Waals surface area contributed by atoms with Crippen molar-refractivity contribution in [3.63, 3.8) is 0 Å². The molecular formula is C15H25N3O2. The van der Waals surface area contributed by atoms with Gasteiger partial charge in [-0.3, -0.25) is 0 Å². The average Bonchev–Trinajstić information content (AvgIpc) is 2.71. The van der Waals surface area contributed by atoms with Crippen molar-refractivity contribution in [3.8, 4) is 0 Å². The van der Waals surface area contributed by atoms with Crippen molar-refractivity contribution in [2.24, 2.45) is 0 Å². The van der Waals surface area contributed by atoms with E-state index in [1.165, 1.54) is 19.3 Å². The molecule has 0 aliphatic heterocycles. The van der Waals surface area contributed by atoms with Crippen LogP contribution in [0.25, 0.3) is 0 Å². The van der Waals surface area contributed by atoms with E-state index in [0.717, 1.165) is 36.3 Å². The number of carbonyl (C=O) groups excluding carboxylic acids is 1. The van der Waals surface area contributed by atoms with Gasteiger partial charge in [0.25, 0.3) is 0 Å². The predicted octanol–water partition coefficient (Wildman–Crippen LogP) is 2.85. The molecule has 1 fully saturated rings. The molecule has 2 rings (SSSR count). The summed E-state index contributed by atoms with van der Waals surface area (Å²) in [6.45, 7) is 5.84. The SMILES string of the molecule is Cc1noc(C)c1CC(C)NC(=O)NC1CCCCC1. The first-order valence-corrected chi connectivity index (χ1v) is 7.55. The maximum absolute atomic E-state index is 12.0. The van der Waals surface area contributed by atoms with Crippen LogP contribution in [0.1, 0.15) is 56.0 Å². The molecule has 112 valence electrons. The Morgan fingerprint density at radius 3 is 2.65 bits per heavy atom. The van der Waals surface area contributed by atoms with Gasteiger partial charge in [-0.1, -0.05) is 24.4 Å². The van der Waals surface area contributed by atoms with Crippen LogP contribution >= 0.6 is 0 Å². The first-order valence-electron chi connectivity index (χ1n) is 7.55. The number of carbonyl (C=O) groups is 1. The highest BCUT2D eigenvalue weighted by Crippen LogP contribution is 2.17. The molecule has 1 saturated carbocycles. The number of aromatic nitrogens is 1. The minimum atomic E-state index is -0.0591. The topological polar surface area (TPSA) is 67.2 Å². The Morgan fingerprint density at radius 2 is 2.05 bits per heavy atom. The van der Waals surface area contributed by atoms with Crippen LogP contribution in [0, 0.1) is 13.8 Å². The lowest BCUT2D eigenvalue weighted by molar-refractivity contribution is 0.229. The fraction of sp³-hybridized carbons (Fsp3) is 0.733. The van der Waals surface area contributed by atoms with E-state index in [1.807, 2.05) is 20.8 Å². The summed E-state index contributed by atoms with van der Waals surface area (Å²) < 4.78 is 5.14. The molecule has 1 aromatic heterocycles. The Bertz CT molecular complexity index is 430. The van der Waals surface area contributed by atoms with Crippen molar-refractivity contribution >= 4 is 6.03 Å². The number of hydrogen-bond donors (Lipinski definition) is 2. The normalized spacial score (nSPS) is 17.8. The van der Waals surface area contributed by atoms with Crippen LogP contribution in [-0.2, 0) is 6.42 Å². The van der Waals surface area contributed by atoms with Gasteiger partial charge in [0, 0.05) is 17.6 Å². The molecule has 0 spiro atoms. The monoisotopic (exact) mass is 279 g/mol.